The molecule has 91 valence electrons. The molecule has 2 unspecified atom stereocenters. The number of hydrogen-bond donors (Lipinski definition) is 2. The van der Waals surface area contributed by atoms with Crippen LogP contribution in [0, 0.1) is 0 Å². The molecule has 0 saturated carbocycles. The summed E-state index contributed by atoms with van der Waals surface area (Å²) in [7, 11) is 0. The van der Waals surface area contributed by atoms with Gasteiger partial charge in [0.05, 0.1) is 0 Å². The largest absolute Gasteiger partial charge is 0.693 e. The first kappa shape index (κ1) is 19.9. The average Bonchev–Trinajstić information content (AvgIpc) is 1.97. The Morgan fingerprint density at radius 3 is 2.00 bits per heavy atom. The molecule has 2 atom stereocenters. The van der Waals surface area contributed by atoms with Gasteiger partial charge in [-0.1, -0.05) is 13.8 Å². The van der Waals surface area contributed by atoms with Crippen LogP contribution in [-0.4, -0.2) is 36.7 Å². The van der Waals surface area contributed by atoms with E-state index >= 15 is 0 Å². The summed E-state index contributed by atoms with van der Waals surface area (Å²) in [6.07, 6.45) is 0. The zero-order valence-corrected chi connectivity index (χ0v) is 11.6. The van der Waals surface area contributed by atoms with Gasteiger partial charge in [-0.3, -0.25) is 0 Å². The first-order chi connectivity index (χ1) is 5.56. The summed E-state index contributed by atoms with van der Waals surface area (Å²) in [5.41, 5.74) is 15.5. The average molecular weight is 382 g/mol. The van der Waals surface area contributed by atoms with Crippen LogP contribution >= 0.6 is 0 Å². The molecule has 6 heteroatoms. The first-order valence-corrected chi connectivity index (χ1v) is 4.49. The molecule has 0 rings (SSSR count). The van der Waals surface area contributed by atoms with Crippen molar-refractivity contribution in [1.82, 2.24) is 5.01 Å². The Kier molecular flexibility index (Phi) is 16.4. The van der Waals surface area contributed by atoms with Crippen molar-refractivity contribution in [2.75, 3.05) is 19.6 Å². The van der Waals surface area contributed by atoms with E-state index in [-0.39, 0.29) is 38.3 Å². The predicted molar refractivity (Wildman–Crippen MR) is 58.1 cm³/mol. The van der Waals surface area contributed by atoms with Gasteiger partial charge in [-0.05, 0) is 26.1 Å². The van der Waals surface area contributed by atoms with Gasteiger partial charge in [0.2, 0.25) is 0 Å². The molecule has 1 radical (unpaired) electrons. The second kappa shape index (κ2) is 11.5. The van der Waals surface area contributed by atoms with E-state index in [4.69, 9.17) is 11.5 Å². The zero-order chi connectivity index (χ0) is 9.56. The van der Waals surface area contributed by atoms with Crippen LogP contribution in [0.3, 0.4) is 0 Å². The van der Waals surface area contributed by atoms with Crippen molar-refractivity contribution < 1.29 is 20.1 Å². The number of rotatable bonds is 6. The summed E-state index contributed by atoms with van der Waals surface area (Å²) in [4.78, 5) is 0. The number of likely N-dealkylation sites (N-methyl/N-ethyl adjacent to an activating group) is 1. The first-order valence-electron chi connectivity index (χ1n) is 4.49. The maximum atomic E-state index is 5.64. The molecule has 0 heterocycles. The van der Waals surface area contributed by atoms with E-state index in [0.717, 1.165) is 13.1 Å². The molecule has 0 aromatic rings. The Morgan fingerprint density at radius 2 is 1.71 bits per heavy atom. The van der Waals surface area contributed by atoms with Crippen molar-refractivity contribution in [3.63, 3.8) is 0 Å². The molecular formula is C8H23IrN5-2. The predicted octanol–water partition coefficient (Wildman–Crippen LogP) is 1.01. The molecule has 0 aliphatic carbocycles. The van der Waals surface area contributed by atoms with Gasteiger partial charge in [-0.2, -0.15) is 0 Å². The van der Waals surface area contributed by atoms with Gasteiger partial charge in [-0.15, -0.1) is 6.54 Å². The van der Waals surface area contributed by atoms with E-state index in [0.29, 0.717) is 6.54 Å². The van der Waals surface area contributed by atoms with Crippen LogP contribution in [0.4, 0.5) is 0 Å². The summed E-state index contributed by atoms with van der Waals surface area (Å²) in [6, 6.07) is 0.300. The quantitative estimate of drug-likeness (QED) is 0.671. The molecule has 0 fully saturated rings. The summed E-state index contributed by atoms with van der Waals surface area (Å²) in [5, 5.41) is 1.97. The van der Waals surface area contributed by atoms with Gasteiger partial charge in [-0.25, -0.2) is 0 Å². The summed E-state index contributed by atoms with van der Waals surface area (Å²) in [5.74, 6) is 0. The van der Waals surface area contributed by atoms with Gasteiger partial charge < -0.3 is 28.1 Å². The van der Waals surface area contributed by atoms with Gasteiger partial charge in [0.15, 0.2) is 0 Å². The molecule has 0 spiro atoms. The van der Waals surface area contributed by atoms with Gasteiger partial charge in [0.25, 0.3) is 0 Å². The smallest absolute Gasteiger partial charge is 0.0124 e. The third kappa shape index (κ3) is 12.4. The van der Waals surface area contributed by atoms with E-state index in [1.54, 1.807) is 0 Å². The van der Waals surface area contributed by atoms with Crippen molar-refractivity contribution >= 4 is 0 Å². The maximum absolute atomic E-state index is 5.64. The SMILES string of the molecule is CCN(CC(C)N)[N-]CC(C)N.[Ir].[NH2-]. The molecule has 0 aliphatic rings. The van der Waals surface area contributed by atoms with Crippen molar-refractivity contribution in [2.24, 2.45) is 11.5 Å². The summed E-state index contributed by atoms with van der Waals surface area (Å²) < 4.78 is 0. The minimum Gasteiger partial charge on any atom is -0.693 e. The molecular weight excluding hydrogens is 358 g/mol. The fraction of sp³-hybridized carbons (Fsp3) is 1.00. The summed E-state index contributed by atoms with van der Waals surface area (Å²) >= 11 is 0. The molecule has 0 bridgehead atoms. The normalized spacial score (nSPS) is 14.1. The Morgan fingerprint density at radius 1 is 1.21 bits per heavy atom. The third-order valence-electron chi connectivity index (χ3n) is 1.43. The number of nitrogens with two attached hydrogens (primary N) is 3. The molecule has 14 heavy (non-hydrogen) atoms. The van der Waals surface area contributed by atoms with Crippen molar-refractivity contribution in [3.05, 3.63) is 11.6 Å². The van der Waals surface area contributed by atoms with Crippen LogP contribution in [0.1, 0.15) is 20.8 Å². The van der Waals surface area contributed by atoms with E-state index in [1.807, 2.05) is 18.9 Å². The van der Waals surface area contributed by atoms with Crippen LogP contribution in [0.5, 0.6) is 0 Å². The fourth-order valence-corrected chi connectivity index (χ4v) is 0.864. The van der Waals surface area contributed by atoms with Crippen molar-refractivity contribution in [3.8, 4) is 0 Å². The van der Waals surface area contributed by atoms with Crippen LogP contribution < -0.4 is 11.5 Å². The van der Waals surface area contributed by atoms with Crippen LogP contribution in [0.2, 0.25) is 0 Å². The van der Waals surface area contributed by atoms with Crippen LogP contribution in [-0.2, 0) is 20.1 Å². The standard InChI is InChI=1S/C8H21N4.Ir.H2N/c1-4-12(6-8(3)10)11-5-7(2)9;;/h7-8H,4-6,9-10H2,1-3H3;;1H2/q-1;;-1. The topological polar surface area (TPSA) is 103 Å². The Balaban J connectivity index is -0.000000605. The minimum absolute atomic E-state index is 0. The molecule has 0 aromatic carbocycles. The zero-order valence-electron chi connectivity index (χ0n) is 9.24. The number of hydrogen-bond acceptors (Lipinski definition) is 3. The van der Waals surface area contributed by atoms with Gasteiger partial charge >= 0.3 is 0 Å². The molecule has 0 aromatic heterocycles. The molecule has 5 nitrogen and oxygen atoms in total. The Bertz CT molecular complexity index is 110. The monoisotopic (exact) mass is 382 g/mol. The second-order valence-corrected chi connectivity index (χ2v) is 3.28. The molecule has 6 N–H and O–H groups in total. The van der Waals surface area contributed by atoms with E-state index in [9.17, 15) is 0 Å². The summed E-state index contributed by atoms with van der Waals surface area (Å²) in [6.45, 7) is 8.37. The van der Waals surface area contributed by atoms with Crippen molar-refractivity contribution in [1.29, 1.82) is 0 Å². The van der Waals surface area contributed by atoms with Crippen molar-refractivity contribution in [2.45, 2.75) is 32.9 Å². The van der Waals surface area contributed by atoms with Crippen LogP contribution in [0.25, 0.3) is 11.6 Å². The molecule has 0 amide bonds. The third-order valence-corrected chi connectivity index (χ3v) is 1.43. The van der Waals surface area contributed by atoms with E-state index < -0.39 is 0 Å². The van der Waals surface area contributed by atoms with Gasteiger partial charge in [0, 0.05) is 26.1 Å². The Hall–Kier alpha value is 0.449. The molecule has 0 saturated heterocycles. The van der Waals surface area contributed by atoms with E-state index in [2.05, 4.69) is 12.3 Å². The fourth-order valence-electron chi connectivity index (χ4n) is 0.864. The van der Waals surface area contributed by atoms with Crippen LogP contribution in [0.15, 0.2) is 0 Å². The number of nitrogens with zero attached hydrogens (tertiary/aromatic N) is 2. The minimum atomic E-state index is 0. The maximum Gasteiger partial charge on any atom is 0.0124 e. The second-order valence-electron chi connectivity index (χ2n) is 3.28. The van der Waals surface area contributed by atoms with Gasteiger partial charge in [0.1, 0.15) is 0 Å². The molecule has 0 aliphatic heterocycles. The Labute approximate surface area is 101 Å². The van der Waals surface area contributed by atoms with E-state index in [1.165, 1.54) is 0 Å².